The van der Waals surface area contributed by atoms with Crippen LogP contribution in [0.15, 0.2) is 82.6 Å². The maximum absolute atomic E-state index is 14.4. The van der Waals surface area contributed by atoms with Crippen molar-refractivity contribution in [3.8, 4) is 5.75 Å². The molecule has 4 rings (SSSR count). The van der Waals surface area contributed by atoms with Gasteiger partial charge in [-0.1, -0.05) is 88.1 Å². The molecule has 3 aromatic carbocycles. The van der Waals surface area contributed by atoms with Crippen molar-refractivity contribution in [3.63, 3.8) is 0 Å². The number of carboxylic acid groups (broad SMARTS) is 1. The fourth-order valence-electron chi connectivity index (χ4n) is 6.23. The average molecular weight is 710 g/mol. The standard InChI is InChI=1S/C37H47N3O7S2/c1-5-7-19-37(20-8-6-2)24-40(28-17-13-10-14-18-28)29-21-31(48-4)30(22-32(29)49(45,46)25-37)47-23-33(41)39-34(27-15-11-9-12-16-27)35(42)38-26(3)36(43)44/h9-18,21-22,26,34H,5-8,19-20,23-25H2,1-4H3,(H,38,42)(H,39,41)(H,43,44)/t26-,34+/m0/s1. The molecule has 0 saturated heterocycles. The second kappa shape index (κ2) is 17.1. The van der Waals surface area contributed by atoms with E-state index in [0.29, 0.717) is 22.7 Å². The Hall–Kier alpha value is -4.03. The lowest BCUT2D eigenvalue weighted by atomic mass is 9.79. The van der Waals surface area contributed by atoms with Crippen molar-refractivity contribution in [3.05, 3.63) is 78.4 Å². The number of unbranched alkanes of at least 4 members (excludes halogenated alkanes) is 2. The first-order chi connectivity index (χ1) is 23.4. The van der Waals surface area contributed by atoms with E-state index in [1.807, 2.05) is 42.7 Å². The van der Waals surface area contributed by atoms with E-state index in [9.17, 15) is 27.9 Å². The van der Waals surface area contributed by atoms with Crippen LogP contribution < -0.4 is 20.3 Å². The Labute approximate surface area is 293 Å². The molecule has 0 radical (unpaired) electrons. The third kappa shape index (κ3) is 9.57. The van der Waals surface area contributed by atoms with E-state index in [1.54, 1.807) is 30.3 Å². The topological polar surface area (TPSA) is 142 Å². The molecule has 0 aliphatic carbocycles. The molecule has 12 heteroatoms. The number of aliphatic carboxylic acids is 1. The number of nitrogens with zero attached hydrogens (tertiary/aromatic N) is 1. The molecule has 0 saturated carbocycles. The summed E-state index contributed by atoms with van der Waals surface area (Å²) in [6.45, 7) is 5.63. The second-order valence-corrected chi connectivity index (χ2v) is 15.4. The number of carbonyl (C=O) groups is 3. The minimum atomic E-state index is -3.79. The van der Waals surface area contributed by atoms with Gasteiger partial charge in [0.1, 0.15) is 17.8 Å². The minimum absolute atomic E-state index is 0.0114. The highest BCUT2D eigenvalue weighted by Gasteiger charge is 2.42. The van der Waals surface area contributed by atoms with Crippen molar-refractivity contribution >= 4 is 50.8 Å². The van der Waals surface area contributed by atoms with Crippen molar-refractivity contribution < 1.29 is 32.6 Å². The largest absolute Gasteiger partial charge is 0.483 e. The molecule has 3 N–H and O–H groups in total. The summed E-state index contributed by atoms with van der Waals surface area (Å²) in [5.74, 6) is -2.28. The van der Waals surface area contributed by atoms with E-state index in [4.69, 9.17) is 4.74 Å². The van der Waals surface area contributed by atoms with E-state index in [1.165, 1.54) is 24.8 Å². The Morgan fingerprint density at radius 2 is 1.57 bits per heavy atom. The van der Waals surface area contributed by atoms with Crippen molar-refractivity contribution in [1.29, 1.82) is 0 Å². The maximum atomic E-state index is 14.4. The molecular weight excluding hydrogens is 663 g/mol. The molecule has 1 heterocycles. The highest BCUT2D eigenvalue weighted by atomic mass is 32.2. The van der Waals surface area contributed by atoms with Gasteiger partial charge in [0.25, 0.3) is 5.91 Å². The molecule has 2 atom stereocenters. The third-order valence-corrected chi connectivity index (χ3v) is 11.6. The van der Waals surface area contributed by atoms with E-state index < -0.39 is 51.7 Å². The van der Waals surface area contributed by atoms with Crippen molar-refractivity contribution in [2.75, 3.05) is 30.1 Å². The van der Waals surface area contributed by atoms with Gasteiger partial charge in [-0.25, -0.2) is 8.42 Å². The Balaban J connectivity index is 1.68. The van der Waals surface area contributed by atoms with Gasteiger partial charge in [-0.3, -0.25) is 14.4 Å². The summed E-state index contributed by atoms with van der Waals surface area (Å²) in [5.41, 5.74) is 1.49. The van der Waals surface area contributed by atoms with Crippen molar-refractivity contribution in [2.45, 2.75) is 81.2 Å². The zero-order valence-corrected chi connectivity index (χ0v) is 30.2. The molecule has 0 aromatic heterocycles. The number of ether oxygens (including phenoxy) is 1. The number of hydrogen-bond donors (Lipinski definition) is 3. The molecule has 0 unspecified atom stereocenters. The molecule has 0 spiro atoms. The smallest absolute Gasteiger partial charge is 0.325 e. The quantitative estimate of drug-likeness (QED) is 0.142. The van der Waals surface area contributed by atoms with Gasteiger partial charge in [-0.2, -0.15) is 0 Å². The monoisotopic (exact) mass is 709 g/mol. The van der Waals surface area contributed by atoms with Crippen LogP contribution in [-0.2, 0) is 24.2 Å². The summed E-state index contributed by atoms with van der Waals surface area (Å²) in [5, 5.41) is 14.3. The zero-order chi connectivity index (χ0) is 35.6. The van der Waals surface area contributed by atoms with E-state index >= 15 is 0 Å². The van der Waals surface area contributed by atoms with Gasteiger partial charge < -0.3 is 25.4 Å². The summed E-state index contributed by atoms with van der Waals surface area (Å²) in [4.78, 5) is 40.6. The number of amides is 2. The van der Waals surface area contributed by atoms with Crippen LogP contribution in [-0.4, -0.2) is 62.5 Å². The van der Waals surface area contributed by atoms with Crippen LogP contribution in [0.2, 0.25) is 0 Å². The number of anilines is 2. The second-order valence-electron chi connectivity index (χ2n) is 12.6. The zero-order valence-electron chi connectivity index (χ0n) is 28.6. The van der Waals surface area contributed by atoms with E-state index in [0.717, 1.165) is 44.2 Å². The van der Waals surface area contributed by atoms with Gasteiger partial charge in [-0.15, -0.1) is 11.8 Å². The third-order valence-electron chi connectivity index (χ3n) is 8.84. The number of benzene rings is 3. The number of hydrogen-bond acceptors (Lipinski definition) is 8. The average Bonchev–Trinajstić information content (AvgIpc) is 3.19. The molecule has 2 amide bonds. The first-order valence-electron chi connectivity index (χ1n) is 16.7. The number of fused-ring (bicyclic) bond motifs is 1. The summed E-state index contributed by atoms with van der Waals surface area (Å²) in [6, 6.07) is 19.3. The van der Waals surface area contributed by atoms with Crippen LogP contribution >= 0.6 is 11.8 Å². The lowest BCUT2D eigenvalue weighted by Crippen LogP contribution is -2.46. The van der Waals surface area contributed by atoms with Crippen LogP contribution in [0.3, 0.4) is 0 Å². The minimum Gasteiger partial charge on any atom is -0.483 e. The molecule has 10 nitrogen and oxygen atoms in total. The maximum Gasteiger partial charge on any atom is 0.325 e. The van der Waals surface area contributed by atoms with Crippen molar-refractivity contribution in [1.82, 2.24) is 10.6 Å². The van der Waals surface area contributed by atoms with Crippen LogP contribution in [0, 0.1) is 5.41 Å². The van der Waals surface area contributed by atoms with Gasteiger partial charge in [0.15, 0.2) is 16.4 Å². The summed E-state index contributed by atoms with van der Waals surface area (Å²) in [7, 11) is -3.79. The van der Waals surface area contributed by atoms with E-state index in [-0.39, 0.29) is 16.4 Å². The van der Waals surface area contributed by atoms with Crippen molar-refractivity contribution in [2.24, 2.45) is 5.41 Å². The van der Waals surface area contributed by atoms with Gasteiger partial charge >= 0.3 is 5.97 Å². The fraction of sp³-hybridized carbons (Fsp3) is 0.432. The van der Waals surface area contributed by atoms with Crippen LogP contribution in [0.5, 0.6) is 5.75 Å². The predicted molar refractivity (Wildman–Crippen MR) is 193 cm³/mol. The van der Waals surface area contributed by atoms with Gasteiger partial charge in [-0.05, 0) is 49.8 Å². The lowest BCUT2D eigenvalue weighted by Gasteiger charge is -2.37. The number of thioether (sulfide) groups is 1. The lowest BCUT2D eigenvalue weighted by molar-refractivity contribution is -0.141. The molecule has 1 aliphatic heterocycles. The molecule has 0 fully saturated rings. The summed E-state index contributed by atoms with van der Waals surface area (Å²) < 4.78 is 34.7. The van der Waals surface area contributed by atoms with E-state index in [2.05, 4.69) is 29.4 Å². The fourth-order valence-corrected chi connectivity index (χ4v) is 8.89. The molecule has 3 aromatic rings. The molecular formula is C37H47N3O7S2. The highest BCUT2D eigenvalue weighted by molar-refractivity contribution is 7.98. The normalized spacial score (nSPS) is 16.0. The molecule has 49 heavy (non-hydrogen) atoms. The highest BCUT2D eigenvalue weighted by Crippen LogP contribution is 2.47. The first-order valence-corrected chi connectivity index (χ1v) is 19.6. The summed E-state index contributed by atoms with van der Waals surface area (Å²) in [6.07, 6.45) is 7.23. The van der Waals surface area contributed by atoms with Gasteiger partial charge in [0.05, 0.1) is 21.2 Å². The Bertz CT molecular complexity index is 1690. The molecule has 1 aliphatic rings. The predicted octanol–water partition coefficient (Wildman–Crippen LogP) is 6.53. The Morgan fingerprint density at radius 3 is 2.14 bits per heavy atom. The molecule has 0 bridgehead atoms. The van der Waals surface area contributed by atoms with Gasteiger partial charge in [0, 0.05) is 23.7 Å². The Morgan fingerprint density at radius 1 is 0.959 bits per heavy atom. The summed E-state index contributed by atoms with van der Waals surface area (Å²) >= 11 is 1.38. The number of carboxylic acids is 1. The Kier molecular flexibility index (Phi) is 13.2. The van der Waals surface area contributed by atoms with Crippen LogP contribution in [0.25, 0.3) is 0 Å². The molecule has 264 valence electrons. The van der Waals surface area contributed by atoms with Crippen LogP contribution in [0.4, 0.5) is 11.4 Å². The number of para-hydroxylation sites is 1. The number of carbonyl (C=O) groups excluding carboxylic acids is 2. The number of rotatable bonds is 16. The van der Waals surface area contributed by atoms with Crippen LogP contribution in [0.1, 0.15) is 70.9 Å². The number of nitrogens with one attached hydrogen (secondary N) is 2. The first kappa shape index (κ1) is 37.8. The number of sulfone groups is 1. The SMILES string of the molecule is CCCCC1(CCCC)CN(c2ccccc2)c2cc(SC)c(OCC(=O)N[C@@H](C(=O)N[C@@H](C)C(=O)O)c3ccccc3)cc2S(=O)(=O)C1. The van der Waals surface area contributed by atoms with Gasteiger partial charge in [0.2, 0.25) is 5.91 Å².